The number of nitrogens with zero attached hydrogens (tertiary/aromatic N) is 3. The summed E-state index contributed by atoms with van der Waals surface area (Å²) in [7, 11) is 1.99. The van der Waals surface area contributed by atoms with Gasteiger partial charge in [-0.2, -0.15) is 5.10 Å². The molecule has 0 saturated carbocycles. The minimum Gasteiger partial charge on any atom is -0.296 e. The molecule has 0 N–H and O–H groups in total. The topological polar surface area (TPSA) is 21.1 Å². The average molecular weight is 261 g/mol. The summed E-state index contributed by atoms with van der Waals surface area (Å²) in [5.74, 6) is 0. The Morgan fingerprint density at radius 3 is 3.17 bits per heavy atom. The maximum Gasteiger partial charge on any atom is 0.0537 e. The summed E-state index contributed by atoms with van der Waals surface area (Å²) in [4.78, 5) is 4.10. The van der Waals surface area contributed by atoms with Crippen molar-refractivity contribution < 1.29 is 0 Å². The van der Waals surface area contributed by atoms with Crippen LogP contribution in [-0.4, -0.2) is 27.8 Å². The molecule has 2 aromatic rings. The molecule has 0 aromatic carbocycles. The summed E-state index contributed by atoms with van der Waals surface area (Å²) in [6.45, 7) is 2.39. The van der Waals surface area contributed by atoms with E-state index in [-0.39, 0.29) is 0 Å². The summed E-state index contributed by atoms with van der Waals surface area (Å²) >= 11 is 1.86. The van der Waals surface area contributed by atoms with Crippen LogP contribution in [0.3, 0.4) is 0 Å². The van der Waals surface area contributed by atoms with Gasteiger partial charge in [-0.05, 0) is 37.3 Å². The van der Waals surface area contributed by atoms with Gasteiger partial charge in [0.05, 0.1) is 6.20 Å². The molecule has 18 heavy (non-hydrogen) atoms. The van der Waals surface area contributed by atoms with E-state index >= 15 is 0 Å². The number of aromatic nitrogens is 2. The third-order valence-corrected chi connectivity index (χ3v) is 4.63. The highest BCUT2D eigenvalue weighted by Crippen LogP contribution is 2.31. The molecule has 1 saturated heterocycles. The van der Waals surface area contributed by atoms with Crippen LogP contribution in [0.5, 0.6) is 0 Å². The number of aryl methyl sites for hydroxylation is 1. The molecular weight excluding hydrogens is 242 g/mol. The molecule has 3 rings (SSSR count). The normalized spacial score (nSPS) is 20.6. The highest BCUT2D eigenvalue weighted by atomic mass is 32.1. The summed E-state index contributed by atoms with van der Waals surface area (Å²) in [6.07, 6.45) is 7.94. The van der Waals surface area contributed by atoms with Crippen molar-refractivity contribution in [2.24, 2.45) is 7.05 Å². The first-order chi connectivity index (χ1) is 8.83. The predicted octanol–water partition coefficient (Wildman–Crippen LogP) is 2.86. The van der Waals surface area contributed by atoms with Crippen molar-refractivity contribution in [1.29, 1.82) is 0 Å². The van der Waals surface area contributed by atoms with Crippen LogP contribution in [0.15, 0.2) is 29.9 Å². The second kappa shape index (κ2) is 5.24. The van der Waals surface area contributed by atoms with Gasteiger partial charge in [0.2, 0.25) is 0 Å². The first-order valence-electron chi connectivity index (χ1n) is 6.58. The molecule has 0 unspecified atom stereocenters. The van der Waals surface area contributed by atoms with Crippen molar-refractivity contribution in [3.63, 3.8) is 0 Å². The van der Waals surface area contributed by atoms with E-state index in [0.29, 0.717) is 6.04 Å². The quantitative estimate of drug-likeness (QED) is 0.844. The van der Waals surface area contributed by atoms with Gasteiger partial charge in [-0.1, -0.05) is 6.07 Å². The molecule has 3 heterocycles. The Morgan fingerprint density at radius 2 is 2.44 bits per heavy atom. The van der Waals surface area contributed by atoms with E-state index in [1.165, 1.54) is 42.8 Å². The lowest BCUT2D eigenvalue weighted by Gasteiger charge is -2.23. The standard InChI is InChI=1S/C14H19N3S/c1-16-11-12(10-15-16)14-5-2-7-17(14)8-6-13-4-3-9-18-13/h3-4,9-11,14H,2,5-8H2,1H3/t14-/m1/s1. The van der Waals surface area contributed by atoms with Gasteiger partial charge in [-0.25, -0.2) is 0 Å². The highest BCUT2D eigenvalue weighted by molar-refractivity contribution is 7.09. The summed E-state index contributed by atoms with van der Waals surface area (Å²) in [5, 5.41) is 6.46. The lowest BCUT2D eigenvalue weighted by Crippen LogP contribution is -2.25. The van der Waals surface area contributed by atoms with E-state index in [2.05, 4.69) is 33.7 Å². The van der Waals surface area contributed by atoms with E-state index < -0.39 is 0 Å². The van der Waals surface area contributed by atoms with Crippen molar-refractivity contribution >= 4 is 11.3 Å². The zero-order valence-corrected chi connectivity index (χ0v) is 11.6. The van der Waals surface area contributed by atoms with E-state index in [4.69, 9.17) is 0 Å². The van der Waals surface area contributed by atoms with Crippen molar-refractivity contribution in [3.05, 3.63) is 40.3 Å². The van der Waals surface area contributed by atoms with Crippen LogP contribution in [0, 0.1) is 0 Å². The van der Waals surface area contributed by atoms with Crippen LogP contribution in [0.25, 0.3) is 0 Å². The molecule has 0 spiro atoms. The molecule has 1 atom stereocenters. The largest absolute Gasteiger partial charge is 0.296 e. The molecule has 1 aliphatic rings. The minimum atomic E-state index is 0.582. The number of hydrogen-bond donors (Lipinski definition) is 0. The third-order valence-electron chi connectivity index (χ3n) is 3.70. The molecule has 1 aliphatic heterocycles. The zero-order chi connectivity index (χ0) is 12.4. The Kier molecular flexibility index (Phi) is 3.48. The second-order valence-corrected chi connectivity index (χ2v) is 6.00. The van der Waals surface area contributed by atoms with Gasteiger partial charge in [0.15, 0.2) is 0 Å². The van der Waals surface area contributed by atoms with Crippen LogP contribution in [0.1, 0.15) is 29.3 Å². The fraction of sp³-hybridized carbons (Fsp3) is 0.500. The smallest absolute Gasteiger partial charge is 0.0537 e. The Bertz CT molecular complexity index is 489. The fourth-order valence-electron chi connectivity index (χ4n) is 2.79. The lowest BCUT2D eigenvalue weighted by molar-refractivity contribution is 0.261. The number of hydrogen-bond acceptors (Lipinski definition) is 3. The Labute approximate surface area is 112 Å². The van der Waals surface area contributed by atoms with Gasteiger partial charge in [0.1, 0.15) is 0 Å². The Hall–Kier alpha value is -1.13. The van der Waals surface area contributed by atoms with Crippen molar-refractivity contribution in [2.75, 3.05) is 13.1 Å². The molecule has 1 fully saturated rings. The molecule has 96 valence electrons. The molecule has 3 nitrogen and oxygen atoms in total. The van der Waals surface area contributed by atoms with Crippen LogP contribution in [-0.2, 0) is 13.5 Å². The Morgan fingerprint density at radius 1 is 1.50 bits per heavy atom. The van der Waals surface area contributed by atoms with Gasteiger partial charge < -0.3 is 0 Å². The van der Waals surface area contributed by atoms with E-state index in [1.54, 1.807) is 0 Å². The molecule has 0 amide bonds. The third kappa shape index (κ3) is 2.49. The minimum absolute atomic E-state index is 0.582. The monoisotopic (exact) mass is 261 g/mol. The van der Waals surface area contributed by atoms with E-state index in [0.717, 1.165) is 0 Å². The first kappa shape index (κ1) is 11.9. The molecule has 2 aromatic heterocycles. The average Bonchev–Trinajstić information content (AvgIpc) is 3.07. The van der Waals surface area contributed by atoms with Crippen LogP contribution in [0.2, 0.25) is 0 Å². The number of likely N-dealkylation sites (tertiary alicyclic amines) is 1. The summed E-state index contributed by atoms with van der Waals surface area (Å²) < 4.78 is 1.91. The predicted molar refractivity (Wildman–Crippen MR) is 74.8 cm³/mol. The second-order valence-electron chi connectivity index (χ2n) is 4.97. The van der Waals surface area contributed by atoms with Crippen LogP contribution in [0.4, 0.5) is 0 Å². The number of rotatable bonds is 4. The van der Waals surface area contributed by atoms with Crippen LogP contribution >= 0.6 is 11.3 Å². The zero-order valence-electron chi connectivity index (χ0n) is 10.7. The van der Waals surface area contributed by atoms with Gasteiger partial charge >= 0.3 is 0 Å². The summed E-state index contributed by atoms with van der Waals surface area (Å²) in [6, 6.07) is 4.96. The SMILES string of the molecule is Cn1cc([C@H]2CCCN2CCc2cccs2)cn1. The van der Waals surface area contributed by atoms with Gasteiger partial charge in [-0.3, -0.25) is 9.58 Å². The van der Waals surface area contributed by atoms with Gasteiger partial charge in [0.25, 0.3) is 0 Å². The molecular formula is C14H19N3S. The molecule has 0 bridgehead atoms. The Balaban J connectivity index is 1.64. The van der Waals surface area contributed by atoms with Crippen molar-refractivity contribution in [2.45, 2.75) is 25.3 Å². The maximum atomic E-state index is 4.30. The maximum absolute atomic E-state index is 4.30. The lowest BCUT2D eigenvalue weighted by atomic mass is 10.1. The van der Waals surface area contributed by atoms with E-state index in [1.807, 2.05) is 29.3 Å². The van der Waals surface area contributed by atoms with Crippen molar-refractivity contribution in [1.82, 2.24) is 14.7 Å². The highest BCUT2D eigenvalue weighted by Gasteiger charge is 2.26. The molecule has 0 aliphatic carbocycles. The summed E-state index contributed by atoms with van der Waals surface area (Å²) in [5.41, 5.74) is 1.38. The number of thiophene rings is 1. The first-order valence-corrected chi connectivity index (χ1v) is 7.46. The molecule has 4 heteroatoms. The van der Waals surface area contributed by atoms with E-state index in [9.17, 15) is 0 Å². The van der Waals surface area contributed by atoms with Crippen molar-refractivity contribution in [3.8, 4) is 0 Å². The van der Waals surface area contributed by atoms with Crippen LogP contribution < -0.4 is 0 Å². The fourth-order valence-corrected chi connectivity index (χ4v) is 3.49. The van der Waals surface area contributed by atoms with Gasteiger partial charge in [-0.15, -0.1) is 11.3 Å². The van der Waals surface area contributed by atoms with Gasteiger partial charge in [0, 0.05) is 36.3 Å². The molecule has 0 radical (unpaired) electrons.